The van der Waals surface area contributed by atoms with Crippen molar-refractivity contribution in [3.63, 3.8) is 0 Å². The standard InChI is InChI=1S/C19H14Cl2O2S/c20-18-13(7-9-15(23)19(18)21)6-8-14(22)17-11-10-16(24-17)12-4-2-1-3-5-12/h1-5,7,9-11,23H,6,8H2. The molecule has 5 heteroatoms. The third-order valence-corrected chi connectivity index (χ3v) is 5.79. The van der Waals surface area contributed by atoms with E-state index in [9.17, 15) is 9.90 Å². The normalized spacial score (nSPS) is 10.8. The number of hydrogen-bond donors (Lipinski definition) is 1. The van der Waals surface area contributed by atoms with Gasteiger partial charge in [0.05, 0.1) is 9.90 Å². The topological polar surface area (TPSA) is 37.3 Å². The smallest absolute Gasteiger partial charge is 0.173 e. The average molecular weight is 377 g/mol. The lowest BCUT2D eigenvalue weighted by Crippen LogP contribution is -1.99. The maximum Gasteiger partial charge on any atom is 0.173 e. The van der Waals surface area contributed by atoms with E-state index in [0.717, 1.165) is 20.9 Å². The SMILES string of the molecule is O=C(CCc1ccc(O)c(Cl)c1Cl)c1ccc(-c2ccccc2)s1. The zero-order valence-corrected chi connectivity index (χ0v) is 15.0. The Morgan fingerprint density at radius 2 is 1.71 bits per heavy atom. The van der Waals surface area contributed by atoms with Crippen molar-refractivity contribution in [2.24, 2.45) is 0 Å². The zero-order chi connectivity index (χ0) is 17.1. The molecule has 3 aromatic rings. The molecule has 0 aliphatic carbocycles. The summed E-state index contributed by atoms with van der Waals surface area (Å²) in [5, 5.41) is 9.94. The van der Waals surface area contributed by atoms with E-state index >= 15 is 0 Å². The third-order valence-electron chi connectivity index (χ3n) is 3.70. The monoisotopic (exact) mass is 376 g/mol. The number of carbonyl (C=O) groups is 1. The Bertz CT molecular complexity index is 872. The summed E-state index contributed by atoms with van der Waals surface area (Å²) in [6, 6.07) is 17.0. The van der Waals surface area contributed by atoms with Gasteiger partial charge in [-0.3, -0.25) is 4.79 Å². The van der Waals surface area contributed by atoms with E-state index in [1.807, 2.05) is 42.5 Å². The number of phenolic OH excluding ortho intramolecular Hbond substituents is 1. The lowest BCUT2D eigenvalue weighted by Gasteiger charge is -2.06. The number of ketones is 1. The summed E-state index contributed by atoms with van der Waals surface area (Å²) >= 11 is 13.5. The van der Waals surface area contributed by atoms with Gasteiger partial charge in [0.1, 0.15) is 10.8 Å². The number of thiophene rings is 1. The molecule has 0 atom stereocenters. The van der Waals surface area contributed by atoms with Gasteiger partial charge >= 0.3 is 0 Å². The van der Waals surface area contributed by atoms with Crippen molar-refractivity contribution in [2.45, 2.75) is 12.8 Å². The third kappa shape index (κ3) is 3.64. The second-order valence-corrected chi connectivity index (χ2v) is 7.16. The molecule has 0 bridgehead atoms. The van der Waals surface area contributed by atoms with Gasteiger partial charge in [0.25, 0.3) is 0 Å². The second-order valence-electron chi connectivity index (χ2n) is 5.32. The Morgan fingerprint density at radius 3 is 2.46 bits per heavy atom. The van der Waals surface area contributed by atoms with E-state index in [1.54, 1.807) is 6.07 Å². The first kappa shape index (κ1) is 17.0. The Kier molecular flexibility index (Phi) is 5.24. The first-order valence-electron chi connectivity index (χ1n) is 7.40. The molecule has 3 rings (SSSR count). The highest BCUT2D eigenvalue weighted by molar-refractivity contribution is 7.17. The highest BCUT2D eigenvalue weighted by atomic mass is 35.5. The number of hydrogen-bond acceptors (Lipinski definition) is 3. The van der Waals surface area contributed by atoms with Gasteiger partial charge in [-0.25, -0.2) is 0 Å². The minimum Gasteiger partial charge on any atom is -0.506 e. The predicted octanol–water partition coefficient (Wildman–Crippen LogP) is 6.24. The molecule has 1 aromatic heterocycles. The number of aryl methyl sites for hydroxylation is 1. The quantitative estimate of drug-likeness (QED) is 0.534. The highest BCUT2D eigenvalue weighted by Gasteiger charge is 2.14. The maximum atomic E-state index is 12.4. The van der Waals surface area contributed by atoms with E-state index in [2.05, 4.69) is 0 Å². The summed E-state index contributed by atoms with van der Waals surface area (Å²) in [6.45, 7) is 0. The van der Waals surface area contributed by atoms with Crippen LogP contribution in [-0.4, -0.2) is 10.9 Å². The van der Waals surface area contributed by atoms with Gasteiger partial charge < -0.3 is 5.11 Å². The van der Waals surface area contributed by atoms with Crippen LogP contribution in [0, 0.1) is 0 Å². The fourth-order valence-electron chi connectivity index (χ4n) is 2.39. The predicted molar refractivity (Wildman–Crippen MR) is 101 cm³/mol. The summed E-state index contributed by atoms with van der Waals surface area (Å²) in [7, 11) is 0. The van der Waals surface area contributed by atoms with Gasteiger partial charge in [0.2, 0.25) is 0 Å². The van der Waals surface area contributed by atoms with Crippen molar-refractivity contribution < 1.29 is 9.90 Å². The minimum atomic E-state index is -0.0532. The van der Waals surface area contributed by atoms with Crippen LogP contribution in [0.25, 0.3) is 10.4 Å². The van der Waals surface area contributed by atoms with E-state index in [-0.39, 0.29) is 16.6 Å². The molecular formula is C19H14Cl2O2S. The van der Waals surface area contributed by atoms with Crippen LogP contribution in [0.5, 0.6) is 5.75 Å². The van der Waals surface area contributed by atoms with E-state index in [0.29, 0.717) is 17.9 Å². The Labute approximate surface area is 154 Å². The van der Waals surface area contributed by atoms with Crippen molar-refractivity contribution in [1.82, 2.24) is 0 Å². The summed E-state index contributed by atoms with van der Waals surface area (Å²) in [6.07, 6.45) is 0.825. The second kappa shape index (κ2) is 7.39. The number of benzene rings is 2. The fourth-order valence-corrected chi connectivity index (χ4v) is 3.81. The van der Waals surface area contributed by atoms with Crippen molar-refractivity contribution >= 4 is 40.3 Å². The van der Waals surface area contributed by atoms with E-state index in [1.165, 1.54) is 17.4 Å². The number of halogens is 2. The van der Waals surface area contributed by atoms with E-state index in [4.69, 9.17) is 23.2 Å². The van der Waals surface area contributed by atoms with Crippen molar-refractivity contribution in [3.05, 3.63) is 75.1 Å². The number of aromatic hydroxyl groups is 1. The molecule has 0 fully saturated rings. The Hall–Kier alpha value is -1.81. The largest absolute Gasteiger partial charge is 0.506 e. The molecule has 0 aliphatic heterocycles. The highest BCUT2D eigenvalue weighted by Crippen LogP contribution is 2.34. The average Bonchev–Trinajstić information content (AvgIpc) is 3.10. The van der Waals surface area contributed by atoms with Crippen molar-refractivity contribution in [3.8, 4) is 16.2 Å². The molecule has 0 saturated carbocycles. The number of carbonyl (C=O) groups excluding carboxylic acids is 1. The van der Waals surface area contributed by atoms with E-state index < -0.39 is 0 Å². The molecular weight excluding hydrogens is 363 g/mol. The van der Waals surface area contributed by atoms with Gasteiger partial charge in [-0.15, -0.1) is 11.3 Å². The van der Waals surface area contributed by atoms with Crippen molar-refractivity contribution in [2.75, 3.05) is 0 Å². The van der Waals surface area contributed by atoms with Gasteiger partial charge in [0, 0.05) is 11.3 Å². The summed E-state index contributed by atoms with van der Waals surface area (Å²) < 4.78 is 0. The lowest BCUT2D eigenvalue weighted by atomic mass is 10.1. The van der Waals surface area contributed by atoms with Gasteiger partial charge in [-0.1, -0.05) is 59.6 Å². The lowest BCUT2D eigenvalue weighted by molar-refractivity contribution is 0.0987. The maximum absolute atomic E-state index is 12.4. The fraction of sp³-hybridized carbons (Fsp3) is 0.105. The molecule has 0 spiro atoms. The van der Waals surface area contributed by atoms with Crippen LogP contribution in [0.2, 0.25) is 10.0 Å². The molecule has 1 heterocycles. The van der Waals surface area contributed by atoms with Gasteiger partial charge in [0.15, 0.2) is 5.78 Å². The zero-order valence-electron chi connectivity index (χ0n) is 12.6. The van der Waals surface area contributed by atoms with Gasteiger partial charge in [-0.05, 0) is 35.7 Å². The number of phenols is 1. The molecule has 0 unspecified atom stereocenters. The molecule has 122 valence electrons. The molecule has 2 aromatic carbocycles. The van der Waals surface area contributed by atoms with Crippen molar-refractivity contribution in [1.29, 1.82) is 0 Å². The molecule has 1 N–H and O–H groups in total. The van der Waals surface area contributed by atoms with Crippen LogP contribution in [0.1, 0.15) is 21.7 Å². The summed E-state index contributed by atoms with van der Waals surface area (Å²) in [5.41, 5.74) is 1.86. The van der Waals surface area contributed by atoms with Crippen LogP contribution in [-0.2, 0) is 6.42 Å². The summed E-state index contributed by atoms with van der Waals surface area (Å²) in [5.74, 6) is 0.0185. The summed E-state index contributed by atoms with van der Waals surface area (Å²) in [4.78, 5) is 14.2. The number of rotatable bonds is 5. The molecule has 2 nitrogen and oxygen atoms in total. The van der Waals surface area contributed by atoms with Crippen LogP contribution in [0.15, 0.2) is 54.6 Å². The molecule has 0 radical (unpaired) electrons. The van der Waals surface area contributed by atoms with Crippen LogP contribution in [0.3, 0.4) is 0 Å². The molecule has 0 saturated heterocycles. The van der Waals surface area contributed by atoms with Crippen LogP contribution in [0.4, 0.5) is 0 Å². The van der Waals surface area contributed by atoms with Crippen LogP contribution < -0.4 is 0 Å². The Morgan fingerprint density at radius 1 is 0.958 bits per heavy atom. The minimum absolute atomic E-state index is 0.0532. The van der Waals surface area contributed by atoms with Crippen LogP contribution >= 0.6 is 34.5 Å². The number of Topliss-reactive ketones (excluding diaryl/α,β-unsaturated/α-hetero) is 1. The molecule has 0 amide bonds. The first-order valence-corrected chi connectivity index (χ1v) is 8.98. The molecule has 24 heavy (non-hydrogen) atoms. The first-order chi connectivity index (χ1) is 11.6. The Balaban J connectivity index is 1.70. The molecule has 0 aliphatic rings. The van der Waals surface area contributed by atoms with Gasteiger partial charge in [-0.2, -0.15) is 0 Å².